The minimum absolute atomic E-state index is 0.0940. The number of ether oxygens (including phenoxy) is 3. The molecule has 0 aliphatic rings. The zero-order valence-electron chi connectivity index (χ0n) is 17.1. The average Bonchev–Trinajstić information content (AvgIpc) is 2.65. The zero-order valence-corrected chi connectivity index (χ0v) is 17.1. The van der Waals surface area contributed by atoms with Gasteiger partial charge in [0.1, 0.15) is 5.60 Å². The van der Waals surface area contributed by atoms with Gasteiger partial charge in [0.15, 0.2) is 11.5 Å². The highest BCUT2D eigenvalue weighted by molar-refractivity contribution is 5.96. The molecule has 0 spiro atoms. The number of anilines is 1. The predicted octanol–water partition coefficient (Wildman–Crippen LogP) is 4.57. The van der Waals surface area contributed by atoms with Crippen molar-refractivity contribution < 1.29 is 32.6 Å². The maximum Gasteiger partial charge on any atom is 0.412 e. The van der Waals surface area contributed by atoms with Gasteiger partial charge >= 0.3 is 12.7 Å². The van der Waals surface area contributed by atoms with Crippen LogP contribution < -0.4 is 20.1 Å². The van der Waals surface area contributed by atoms with E-state index in [-0.39, 0.29) is 24.0 Å². The summed E-state index contributed by atoms with van der Waals surface area (Å²) in [6.45, 7) is 2.41. The molecule has 9 heteroatoms. The molecular weight excluding hydrogens is 398 g/mol. The fourth-order valence-electron chi connectivity index (χ4n) is 2.46. The number of methoxy groups -OCH3 is 1. The Kier molecular flexibility index (Phi) is 7.57. The molecule has 0 aliphatic carbocycles. The van der Waals surface area contributed by atoms with E-state index in [1.54, 1.807) is 45.0 Å². The van der Waals surface area contributed by atoms with Crippen LogP contribution in [0.25, 0.3) is 0 Å². The van der Waals surface area contributed by atoms with E-state index in [9.17, 15) is 18.4 Å². The molecule has 0 aliphatic heterocycles. The Morgan fingerprint density at radius 2 is 1.80 bits per heavy atom. The van der Waals surface area contributed by atoms with E-state index in [4.69, 9.17) is 9.47 Å². The van der Waals surface area contributed by atoms with E-state index in [1.165, 1.54) is 25.3 Å². The number of hydrogen-bond donors (Lipinski definition) is 2. The molecule has 2 aromatic rings. The van der Waals surface area contributed by atoms with Crippen LogP contribution in [0.3, 0.4) is 0 Å². The number of nitrogens with one attached hydrogen (secondary N) is 2. The number of rotatable bonds is 7. The number of carbonyl (C=O) groups excluding carboxylic acids is 2. The van der Waals surface area contributed by atoms with Crippen LogP contribution in [0.1, 0.15) is 36.7 Å². The van der Waals surface area contributed by atoms with Gasteiger partial charge in [-0.05, 0) is 56.7 Å². The van der Waals surface area contributed by atoms with Crippen LogP contribution in [0.5, 0.6) is 11.5 Å². The molecular formula is C21H24F2N2O5. The lowest BCUT2D eigenvalue weighted by atomic mass is 10.1. The van der Waals surface area contributed by atoms with Gasteiger partial charge in [-0.15, -0.1) is 0 Å². The summed E-state index contributed by atoms with van der Waals surface area (Å²) in [5.74, 6) is -0.344. The molecule has 0 radical (unpaired) electrons. The Morgan fingerprint density at radius 1 is 1.07 bits per heavy atom. The fourth-order valence-corrected chi connectivity index (χ4v) is 2.46. The van der Waals surface area contributed by atoms with Gasteiger partial charge in [0.05, 0.1) is 7.11 Å². The summed E-state index contributed by atoms with van der Waals surface area (Å²) in [6, 6.07) is 10.8. The monoisotopic (exact) mass is 422 g/mol. The van der Waals surface area contributed by atoms with Crippen molar-refractivity contribution >= 4 is 17.7 Å². The Labute approximate surface area is 173 Å². The molecule has 2 aromatic carbocycles. The smallest absolute Gasteiger partial charge is 0.412 e. The van der Waals surface area contributed by atoms with Crippen molar-refractivity contribution in [3.63, 3.8) is 0 Å². The van der Waals surface area contributed by atoms with E-state index in [1.807, 2.05) is 0 Å². The molecule has 0 fully saturated rings. The Balaban J connectivity index is 2.00. The largest absolute Gasteiger partial charge is 0.493 e. The average molecular weight is 422 g/mol. The van der Waals surface area contributed by atoms with Gasteiger partial charge in [0.2, 0.25) is 0 Å². The van der Waals surface area contributed by atoms with Crippen molar-refractivity contribution in [3.05, 3.63) is 53.6 Å². The second-order valence-corrected chi connectivity index (χ2v) is 7.25. The summed E-state index contributed by atoms with van der Waals surface area (Å²) in [5, 5.41) is 5.29. The van der Waals surface area contributed by atoms with Crippen LogP contribution in [-0.4, -0.2) is 31.3 Å². The van der Waals surface area contributed by atoms with Crippen LogP contribution >= 0.6 is 0 Å². The van der Waals surface area contributed by atoms with Crippen LogP contribution in [0.4, 0.5) is 19.3 Å². The maximum atomic E-state index is 12.4. The SMILES string of the molecule is COc1cc(CNC(=O)c2cccc(NC(=O)OC(C)(C)C)c2)ccc1OC(F)F. The van der Waals surface area contributed by atoms with Crippen molar-refractivity contribution in [2.75, 3.05) is 12.4 Å². The summed E-state index contributed by atoms with van der Waals surface area (Å²) in [5.41, 5.74) is 0.723. The molecule has 2 rings (SSSR count). The summed E-state index contributed by atoms with van der Waals surface area (Å²) in [7, 11) is 1.33. The first-order chi connectivity index (χ1) is 14.1. The second-order valence-electron chi connectivity index (χ2n) is 7.25. The molecule has 162 valence electrons. The second kappa shape index (κ2) is 9.91. The third-order valence-corrected chi connectivity index (χ3v) is 3.67. The van der Waals surface area contributed by atoms with Crippen LogP contribution in [0.2, 0.25) is 0 Å². The molecule has 0 heterocycles. The molecule has 2 N–H and O–H groups in total. The van der Waals surface area contributed by atoms with Crippen LogP contribution in [-0.2, 0) is 11.3 Å². The number of amides is 2. The molecule has 0 bridgehead atoms. The Morgan fingerprint density at radius 3 is 2.43 bits per heavy atom. The highest BCUT2D eigenvalue weighted by atomic mass is 19.3. The van der Waals surface area contributed by atoms with E-state index in [0.717, 1.165) is 0 Å². The number of halogens is 2. The van der Waals surface area contributed by atoms with Gasteiger partial charge < -0.3 is 19.5 Å². The number of carbonyl (C=O) groups is 2. The normalized spacial score (nSPS) is 11.0. The number of alkyl halides is 2. The third-order valence-electron chi connectivity index (χ3n) is 3.67. The van der Waals surface area contributed by atoms with Gasteiger partial charge in [-0.3, -0.25) is 10.1 Å². The Bertz CT molecular complexity index is 897. The quantitative estimate of drug-likeness (QED) is 0.683. The highest BCUT2D eigenvalue weighted by Crippen LogP contribution is 2.29. The lowest BCUT2D eigenvalue weighted by Gasteiger charge is -2.19. The van der Waals surface area contributed by atoms with E-state index in [2.05, 4.69) is 15.4 Å². The van der Waals surface area contributed by atoms with Gasteiger partial charge in [0.25, 0.3) is 5.91 Å². The maximum absolute atomic E-state index is 12.4. The van der Waals surface area contributed by atoms with Gasteiger partial charge in [-0.25, -0.2) is 4.79 Å². The van der Waals surface area contributed by atoms with Gasteiger partial charge in [-0.1, -0.05) is 12.1 Å². The first-order valence-electron chi connectivity index (χ1n) is 9.07. The predicted molar refractivity (Wildman–Crippen MR) is 107 cm³/mol. The summed E-state index contributed by atoms with van der Waals surface area (Å²) < 4.78 is 39.4. The Hall–Kier alpha value is -3.36. The molecule has 0 saturated carbocycles. The lowest BCUT2D eigenvalue weighted by molar-refractivity contribution is -0.0512. The van der Waals surface area contributed by atoms with Crippen molar-refractivity contribution in [1.29, 1.82) is 0 Å². The summed E-state index contributed by atoms with van der Waals surface area (Å²) in [6.07, 6.45) is -0.627. The molecule has 2 amide bonds. The lowest BCUT2D eigenvalue weighted by Crippen LogP contribution is -2.27. The van der Waals surface area contributed by atoms with E-state index >= 15 is 0 Å². The first kappa shape index (κ1) is 22.9. The van der Waals surface area contributed by atoms with Crippen LogP contribution in [0.15, 0.2) is 42.5 Å². The number of hydrogen-bond acceptors (Lipinski definition) is 5. The molecule has 0 aromatic heterocycles. The molecule has 0 atom stereocenters. The minimum Gasteiger partial charge on any atom is -0.493 e. The van der Waals surface area contributed by atoms with Crippen molar-refractivity contribution in [1.82, 2.24) is 5.32 Å². The van der Waals surface area contributed by atoms with Gasteiger partial charge in [0, 0.05) is 17.8 Å². The van der Waals surface area contributed by atoms with Crippen LogP contribution in [0, 0.1) is 0 Å². The van der Waals surface area contributed by atoms with Gasteiger partial charge in [-0.2, -0.15) is 8.78 Å². The zero-order chi connectivity index (χ0) is 22.3. The standard InChI is InChI=1S/C21H24F2N2O5/c1-21(2,3)30-20(27)25-15-7-5-6-14(11-15)18(26)24-12-13-8-9-16(29-19(22)23)17(10-13)28-4/h5-11,19H,12H2,1-4H3,(H,24,26)(H,25,27). The summed E-state index contributed by atoms with van der Waals surface area (Å²) in [4.78, 5) is 24.3. The first-order valence-corrected chi connectivity index (χ1v) is 9.07. The van der Waals surface area contributed by atoms with Crippen molar-refractivity contribution in [2.45, 2.75) is 39.5 Å². The summed E-state index contributed by atoms with van der Waals surface area (Å²) >= 11 is 0. The van der Waals surface area contributed by atoms with E-state index in [0.29, 0.717) is 16.8 Å². The number of benzene rings is 2. The van der Waals surface area contributed by atoms with E-state index < -0.39 is 18.3 Å². The highest BCUT2D eigenvalue weighted by Gasteiger charge is 2.17. The molecule has 0 unspecified atom stereocenters. The molecule has 7 nitrogen and oxygen atoms in total. The fraction of sp³-hybridized carbons (Fsp3) is 0.333. The minimum atomic E-state index is -2.97. The topological polar surface area (TPSA) is 85.9 Å². The third kappa shape index (κ3) is 7.23. The van der Waals surface area contributed by atoms with Crippen molar-refractivity contribution in [3.8, 4) is 11.5 Å². The van der Waals surface area contributed by atoms with Crippen molar-refractivity contribution in [2.24, 2.45) is 0 Å². The molecule has 0 saturated heterocycles. The molecule has 30 heavy (non-hydrogen) atoms.